The first kappa shape index (κ1) is 18.4. The van der Waals surface area contributed by atoms with Gasteiger partial charge in [-0.15, -0.1) is 0 Å². The molecule has 2 fully saturated rings. The summed E-state index contributed by atoms with van der Waals surface area (Å²) in [4.78, 5) is 16.2. The average molecular weight is 372 g/mol. The third-order valence-electron chi connectivity index (χ3n) is 6.51. The van der Waals surface area contributed by atoms with Crippen molar-refractivity contribution in [2.24, 2.45) is 23.7 Å². The number of benzene rings is 1. The normalized spacial score (nSPS) is 29.3. The van der Waals surface area contributed by atoms with Crippen LogP contribution in [0.2, 0.25) is 0 Å². The summed E-state index contributed by atoms with van der Waals surface area (Å²) in [5.41, 5.74) is 3.38. The number of fused-ring (bicyclic) bond motifs is 1. The van der Waals surface area contributed by atoms with Crippen LogP contribution in [-0.2, 0) is 9.53 Å². The maximum atomic E-state index is 11.7. The van der Waals surface area contributed by atoms with Crippen LogP contribution in [0.5, 0.6) is 0 Å². The third kappa shape index (κ3) is 3.45. The number of hydrogen-bond acceptors (Lipinski definition) is 4. The molecule has 1 aliphatic heterocycles. The number of nitrogens with zero attached hydrogens (tertiary/aromatic N) is 2. The van der Waals surface area contributed by atoms with Gasteiger partial charge >= 0.3 is 5.97 Å². The molecule has 1 aromatic heterocycles. The van der Waals surface area contributed by atoms with Crippen LogP contribution in [-0.4, -0.2) is 17.1 Å². The van der Waals surface area contributed by atoms with Crippen molar-refractivity contribution in [2.45, 2.75) is 32.8 Å². The van der Waals surface area contributed by atoms with Crippen molar-refractivity contribution in [2.75, 3.05) is 0 Å². The molecule has 4 nitrogen and oxygen atoms in total. The fourth-order valence-corrected chi connectivity index (χ4v) is 4.61. The molecule has 0 amide bonds. The van der Waals surface area contributed by atoms with E-state index in [1.807, 2.05) is 42.6 Å². The summed E-state index contributed by atoms with van der Waals surface area (Å²) >= 11 is 0. The zero-order valence-electron chi connectivity index (χ0n) is 16.2. The van der Waals surface area contributed by atoms with Crippen molar-refractivity contribution in [1.29, 1.82) is 5.26 Å². The van der Waals surface area contributed by atoms with E-state index in [0.717, 1.165) is 23.2 Å². The maximum absolute atomic E-state index is 11.7. The van der Waals surface area contributed by atoms with Crippen LogP contribution in [0.4, 0.5) is 0 Å². The summed E-state index contributed by atoms with van der Waals surface area (Å²) < 4.78 is 5.54. The van der Waals surface area contributed by atoms with E-state index >= 15 is 0 Å². The molecule has 0 bridgehead atoms. The molecule has 1 saturated carbocycles. The molecule has 28 heavy (non-hydrogen) atoms. The van der Waals surface area contributed by atoms with Gasteiger partial charge in [0.2, 0.25) is 0 Å². The second kappa shape index (κ2) is 7.59. The first-order valence-electron chi connectivity index (χ1n) is 9.90. The Kier molecular flexibility index (Phi) is 5.00. The molecule has 2 aromatic rings. The van der Waals surface area contributed by atoms with Gasteiger partial charge in [-0.2, -0.15) is 5.26 Å². The van der Waals surface area contributed by atoms with Crippen molar-refractivity contribution >= 4 is 12.0 Å². The number of carbonyl (C=O) groups is 1. The van der Waals surface area contributed by atoms with Crippen molar-refractivity contribution in [3.05, 3.63) is 59.9 Å². The smallest absolute Gasteiger partial charge is 0.306 e. The summed E-state index contributed by atoms with van der Waals surface area (Å²) in [6.07, 6.45) is 7.62. The van der Waals surface area contributed by atoms with Gasteiger partial charge in [-0.3, -0.25) is 9.78 Å². The first-order chi connectivity index (χ1) is 13.6. The second-order valence-corrected chi connectivity index (χ2v) is 8.00. The lowest BCUT2D eigenvalue weighted by Gasteiger charge is -2.39. The second-order valence-electron chi connectivity index (χ2n) is 8.00. The quantitative estimate of drug-likeness (QED) is 0.722. The molecule has 0 N–H and O–H groups in total. The maximum Gasteiger partial charge on any atom is 0.306 e. The topological polar surface area (TPSA) is 63.0 Å². The predicted molar refractivity (Wildman–Crippen MR) is 108 cm³/mol. The molecule has 1 aromatic carbocycles. The number of rotatable bonds is 3. The fourth-order valence-electron chi connectivity index (χ4n) is 4.61. The van der Waals surface area contributed by atoms with E-state index in [0.29, 0.717) is 35.7 Å². The van der Waals surface area contributed by atoms with Crippen LogP contribution in [0.1, 0.15) is 37.9 Å². The number of esters is 1. The molecule has 0 spiro atoms. The fraction of sp³-hybridized carbons (Fsp3) is 0.375. The molecule has 2 aliphatic rings. The Morgan fingerprint density at radius 1 is 1.18 bits per heavy atom. The Morgan fingerprint density at radius 2 is 2.00 bits per heavy atom. The van der Waals surface area contributed by atoms with E-state index in [-0.39, 0.29) is 12.1 Å². The van der Waals surface area contributed by atoms with Crippen molar-refractivity contribution in [1.82, 2.24) is 4.98 Å². The van der Waals surface area contributed by atoms with E-state index in [2.05, 4.69) is 37.1 Å². The molecule has 1 saturated heterocycles. The summed E-state index contributed by atoms with van der Waals surface area (Å²) in [5, 5.41) is 9.28. The molecular weight excluding hydrogens is 348 g/mol. The van der Waals surface area contributed by atoms with E-state index in [9.17, 15) is 10.1 Å². The van der Waals surface area contributed by atoms with Gasteiger partial charge < -0.3 is 4.74 Å². The SMILES string of the molecule is C[C@H]1C(/C=C/c2ccc(-c3ccccc3C#N)cn2)C[C@@H]2OC(=O)CC2[C@@H]1C. The lowest BCUT2D eigenvalue weighted by Crippen LogP contribution is -2.37. The van der Waals surface area contributed by atoms with Gasteiger partial charge in [0.05, 0.1) is 23.7 Å². The zero-order valence-corrected chi connectivity index (χ0v) is 16.2. The molecule has 1 aliphatic carbocycles. The van der Waals surface area contributed by atoms with Crippen LogP contribution in [0, 0.1) is 35.0 Å². The van der Waals surface area contributed by atoms with E-state index < -0.39 is 0 Å². The first-order valence-corrected chi connectivity index (χ1v) is 9.90. The number of pyridine rings is 1. The minimum absolute atomic E-state index is 0.0476. The molecule has 142 valence electrons. The number of hydrogen-bond donors (Lipinski definition) is 0. The molecular formula is C24H24N2O2. The molecule has 4 rings (SSSR count). The highest BCUT2D eigenvalue weighted by molar-refractivity contribution is 5.72. The van der Waals surface area contributed by atoms with Crippen molar-refractivity contribution < 1.29 is 9.53 Å². The summed E-state index contributed by atoms with van der Waals surface area (Å²) in [6, 6.07) is 13.8. The van der Waals surface area contributed by atoms with Crippen LogP contribution >= 0.6 is 0 Å². The van der Waals surface area contributed by atoms with E-state index in [1.165, 1.54) is 0 Å². The number of ether oxygens (including phenoxy) is 1. The van der Waals surface area contributed by atoms with E-state index in [4.69, 9.17) is 4.74 Å². The standard InChI is InChI=1S/C24H24N2O2/c1-15-16(2)22-12-24(27)28-23(22)11-17(15)7-9-20-10-8-19(14-26-20)21-6-4-3-5-18(21)13-25/h3-10,14-17,22-23H,11-12H2,1-2H3/b9-7+/t15-,16-,17?,22?,23+/m1/s1. The summed E-state index contributed by atoms with van der Waals surface area (Å²) in [5.74, 6) is 1.67. The number of carbonyl (C=O) groups excluding carboxylic acids is 1. The summed E-state index contributed by atoms with van der Waals surface area (Å²) in [6.45, 7) is 4.51. The minimum atomic E-state index is -0.0476. The molecule has 2 unspecified atom stereocenters. The van der Waals surface area contributed by atoms with Gasteiger partial charge in [0, 0.05) is 23.2 Å². The molecule has 0 radical (unpaired) electrons. The molecule has 2 heterocycles. The zero-order chi connectivity index (χ0) is 19.7. The average Bonchev–Trinajstić information content (AvgIpc) is 3.10. The van der Waals surface area contributed by atoms with Crippen LogP contribution in [0.25, 0.3) is 17.2 Å². The molecule has 5 atom stereocenters. The lowest BCUT2D eigenvalue weighted by atomic mass is 9.66. The van der Waals surface area contributed by atoms with Crippen LogP contribution in [0.3, 0.4) is 0 Å². The van der Waals surface area contributed by atoms with E-state index in [1.54, 1.807) is 0 Å². The highest BCUT2D eigenvalue weighted by atomic mass is 16.5. The Balaban J connectivity index is 1.49. The van der Waals surface area contributed by atoms with Gasteiger partial charge in [-0.25, -0.2) is 0 Å². The van der Waals surface area contributed by atoms with Crippen molar-refractivity contribution in [3.63, 3.8) is 0 Å². The predicted octanol–water partition coefficient (Wildman–Crippen LogP) is 4.86. The minimum Gasteiger partial charge on any atom is -0.462 e. The Labute approximate surface area is 165 Å². The largest absolute Gasteiger partial charge is 0.462 e. The van der Waals surface area contributed by atoms with Crippen molar-refractivity contribution in [3.8, 4) is 17.2 Å². The van der Waals surface area contributed by atoms with Crippen LogP contribution < -0.4 is 0 Å². The number of nitriles is 1. The molecule has 4 heteroatoms. The van der Waals surface area contributed by atoms with Gasteiger partial charge in [0.15, 0.2) is 0 Å². The van der Waals surface area contributed by atoms with Gasteiger partial charge in [0.1, 0.15) is 6.10 Å². The van der Waals surface area contributed by atoms with Gasteiger partial charge in [0.25, 0.3) is 0 Å². The lowest BCUT2D eigenvalue weighted by molar-refractivity contribution is -0.142. The summed E-state index contributed by atoms with van der Waals surface area (Å²) in [7, 11) is 0. The monoisotopic (exact) mass is 372 g/mol. The van der Waals surface area contributed by atoms with Gasteiger partial charge in [-0.1, -0.05) is 44.2 Å². The Hall–Kier alpha value is -2.93. The Bertz CT molecular complexity index is 942. The third-order valence-corrected chi connectivity index (χ3v) is 6.51. The number of allylic oxidation sites excluding steroid dienone is 1. The number of aromatic nitrogens is 1. The Morgan fingerprint density at radius 3 is 2.75 bits per heavy atom. The highest BCUT2D eigenvalue weighted by Crippen LogP contribution is 2.45. The highest BCUT2D eigenvalue weighted by Gasteiger charge is 2.46. The van der Waals surface area contributed by atoms with Crippen LogP contribution in [0.15, 0.2) is 48.7 Å². The van der Waals surface area contributed by atoms with Gasteiger partial charge in [-0.05, 0) is 42.4 Å².